The van der Waals surface area contributed by atoms with Crippen molar-refractivity contribution >= 4 is 61.4 Å². The van der Waals surface area contributed by atoms with Gasteiger partial charge < -0.3 is 0 Å². The maximum atomic E-state index is 6.34. The van der Waals surface area contributed by atoms with E-state index in [1.165, 1.54) is 4.88 Å². The third-order valence-corrected chi connectivity index (χ3v) is 7.59. The van der Waals surface area contributed by atoms with E-state index in [0.29, 0.717) is 11.0 Å². The summed E-state index contributed by atoms with van der Waals surface area (Å²) in [6, 6.07) is 28.4. The first-order chi connectivity index (χ1) is 16.7. The number of hydrogen-bond donors (Lipinski definition) is 0. The Morgan fingerprint density at radius 3 is 2.47 bits per heavy atom. The molecular weight excluding hydrogens is 528 g/mol. The van der Waals surface area contributed by atoms with Crippen molar-refractivity contribution < 1.29 is 0 Å². The fraction of sp³-hybridized carbons (Fsp3) is 0.0741. The Balaban J connectivity index is 1.53. The third kappa shape index (κ3) is 4.02. The molecule has 0 unspecified atom stereocenters. The molecule has 34 heavy (non-hydrogen) atoms. The molecule has 6 rings (SSSR count). The van der Waals surface area contributed by atoms with Crippen molar-refractivity contribution in [2.45, 2.75) is 12.5 Å². The second kappa shape index (κ2) is 8.95. The third-order valence-electron chi connectivity index (χ3n) is 5.86. The quantitative estimate of drug-likeness (QED) is 0.229. The lowest BCUT2D eigenvalue weighted by atomic mass is 10.0. The van der Waals surface area contributed by atoms with Crippen LogP contribution in [0.4, 0.5) is 5.95 Å². The topological polar surface area (TPSA) is 41.4 Å². The van der Waals surface area contributed by atoms with E-state index in [9.17, 15) is 0 Å². The normalized spacial score (nSPS) is 15.6. The zero-order chi connectivity index (χ0) is 23.1. The first-order valence-corrected chi connectivity index (χ1v) is 12.9. The molecule has 3 heterocycles. The smallest absolute Gasteiger partial charge is 0.223 e. The molecule has 0 radical (unpaired) electrons. The number of fused-ring (bicyclic) bond motifs is 1. The van der Waals surface area contributed by atoms with E-state index in [1.807, 2.05) is 53.5 Å². The molecule has 0 saturated carbocycles. The van der Waals surface area contributed by atoms with E-state index in [2.05, 4.69) is 57.7 Å². The average molecular weight is 546 g/mol. The predicted octanol–water partition coefficient (Wildman–Crippen LogP) is 8.13. The lowest BCUT2D eigenvalue weighted by molar-refractivity contribution is 0.700. The summed E-state index contributed by atoms with van der Waals surface area (Å²) < 4.78 is 1.05. The monoisotopic (exact) mass is 544 g/mol. The summed E-state index contributed by atoms with van der Waals surface area (Å²) in [5.74, 6) is 0.583. The van der Waals surface area contributed by atoms with Gasteiger partial charge in [-0.2, -0.15) is 5.10 Å². The summed E-state index contributed by atoms with van der Waals surface area (Å²) in [6.07, 6.45) is 0.783. The maximum Gasteiger partial charge on any atom is 0.247 e. The van der Waals surface area contributed by atoms with Gasteiger partial charge in [0.05, 0.1) is 23.0 Å². The van der Waals surface area contributed by atoms with Gasteiger partial charge in [-0.05, 0) is 47.3 Å². The van der Waals surface area contributed by atoms with Gasteiger partial charge in [0.15, 0.2) is 0 Å². The molecular formula is C27H18BrClN4S. The van der Waals surface area contributed by atoms with Crippen LogP contribution in [0.3, 0.4) is 0 Å². The van der Waals surface area contributed by atoms with Crippen LogP contribution in [0.15, 0.2) is 99.9 Å². The van der Waals surface area contributed by atoms with Gasteiger partial charge in [0, 0.05) is 31.7 Å². The zero-order valence-electron chi connectivity index (χ0n) is 17.9. The molecule has 0 saturated heterocycles. The molecule has 3 aromatic carbocycles. The van der Waals surface area contributed by atoms with Crippen LogP contribution in [-0.4, -0.2) is 15.7 Å². The average Bonchev–Trinajstić information content (AvgIpc) is 3.55. The minimum Gasteiger partial charge on any atom is -0.223 e. The summed E-state index contributed by atoms with van der Waals surface area (Å²) in [5, 5.41) is 10.7. The van der Waals surface area contributed by atoms with Gasteiger partial charge in [-0.1, -0.05) is 76.1 Å². The number of rotatable bonds is 4. The zero-order valence-corrected chi connectivity index (χ0v) is 21.1. The highest BCUT2D eigenvalue weighted by atomic mass is 79.9. The molecule has 1 aliphatic heterocycles. The minimum atomic E-state index is 0.0343. The number of halogens is 2. The van der Waals surface area contributed by atoms with Gasteiger partial charge >= 0.3 is 0 Å². The molecule has 0 aliphatic carbocycles. The van der Waals surface area contributed by atoms with Crippen molar-refractivity contribution in [2.75, 3.05) is 5.01 Å². The van der Waals surface area contributed by atoms with Crippen LogP contribution in [0, 0.1) is 0 Å². The van der Waals surface area contributed by atoms with Crippen LogP contribution >= 0.6 is 38.9 Å². The van der Waals surface area contributed by atoms with E-state index in [1.54, 1.807) is 11.3 Å². The van der Waals surface area contributed by atoms with Crippen LogP contribution in [0.25, 0.3) is 22.2 Å². The van der Waals surface area contributed by atoms with E-state index in [0.717, 1.165) is 44.3 Å². The Labute approximate surface area is 214 Å². The first-order valence-electron chi connectivity index (χ1n) is 10.8. The van der Waals surface area contributed by atoms with E-state index < -0.39 is 0 Å². The number of thiophene rings is 1. The Morgan fingerprint density at radius 1 is 0.882 bits per heavy atom. The minimum absolute atomic E-state index is 0.0343. The Kier molecular flexibility index (Phi) is 5.65. The fourth-order valence-electron chi connectivity index (χ4n) is 4.22. The van der Waals surface area contributed by atoms with Crippen LogP contribution in [-0.2, 0) is 0 Å². The molecule has 0 bridgehead atoms. The summed E-state index contributed by atoms with van der Waals surface area (Å²) in [6.45, 7) is 0. The molecule has 2 aromatic heterocycles. The fourth-order valence-corrected chi connectivity index (χ4v) is 5.47. The molecule has 0 spiro atoms. The number of aromatic nitrogens is 2. The maximum absolute atomic E-state index is 6.34. The predicted molar refractivity (Wildman–Crippen MR) is 145 cm³/mol. The van der Waals surface area contributed by atoms with Crippen LogP contribution < -0.4 is 5.01 Å². The van der Waals surface area contributed by atoms with Crippen LogP contribution in [0.1, 0.15) is 22.9 Å². The Bertz CT molecular complexity index is 1500. The van der Waals surface area contributed by atoms with Crippen LogP contribution in [0.5, 0.6) is 0 Å². The largest absolute Gasteiger partial charge is 0.247 e. The van der Waals surface area contributed by atoms with Crippen molar-refractivity contribution in [3.8, 4) is 11.3 Å². The highest BCUT2D eigenvalue weighted by molar-refractivity contribution is 9.10. The van der Waals surface area contributed by atoms with Crippen molar-refractivity contribution in [2.24, 2.45) is 5.10 Å². The molecule has 0 amide bonds. The molecule has 0 fully saturated rings. The lowest BCUT2D eigenvalue weighted by Gasteiger charge is -2.21. The number of hydrogen-bond acceptors (Lipinski definition) is 5. The van der Waals surface area contributed by atoms with Gasteiger partial charge in [-0.3, -0.25) is 0 Å². The Morgan fingerprint density at radius 2 is 1.71 bits per heavy atom. The standard InChI is InChI=1S/C27H18BrClN4S/c28-19-10-8-17(9-11-19)23-16-24(25-7-4-14-34-25)33(32-23)27-30-22-13-12-20(29)15-21(22)26(31-27)18-5-2-1-3-6-18/h1-15,24H,16H2/t24-/m1/s1. The van der Waals surface area contributed by atoms with Crippen LogP contribution in [0.2, 0.25) is 5.02 Å². The van der Waals surface area contributed by atoms with Gasteiger partial charge in [0.1, 0.15) is 0 Å². The Hall–Kier alpha value is -3.06. The van der Waals surface area contributed by atoms with Gasteiger partial charge in [0.25, 0.3) is 0 Å². The van der Waals surface area contributed by atoms with E-state index in [4.69, 9.17) is 26.7 Å². The summed E-state index contributed by atoms with van der Waals surface area (Å²) >= 11 is 11.6. The van der Waals surface area contributed by atoms with Gasteiger partial charge in [-0.15, -0.1) is 11.3 Å². The van der Waals surface area contributed by atoms with Crippen molar-refractivity contribution in [1.29, 1.82) is 0 Å². The highest BCUT2D eigenvalue weighted by Gasteiger charge is 2.33. The summed E-state index contributed by atoms with van der Waals surface area (Å²) in [4.78, 5) is 11.2. The highest BCUT2D eigenvalue weighted by Crippen LogP contribution is 2.39. The number of hydrazone groups is 1. The molecule has 166 valence electrons. The van der Waals surface area contributed by atoms with Crippen molar-refractivity contribution in [1.82, 2.24) is 9.97 Å². The van der Waals surface area contributed by atoms with Gasteiger partial charge in [0.2, 0.25) is 5.95 Å². The summed E-state index contributed by atoms with van der Waals surface area (Å²) in [5.41, 5.74) is 4.82. The van der Waals surface area contributed by atoms with Crippen molar-refractivity contribution in [3.63, 3.8) is 0 Å². The molecule has 1 aliphatic rings. The first kappa shape index (κ1) is 21.5. The number of anilines is 1. The second-order valence-electron chi connectivity index (χ2n) is 8.03. The summed E-state index contributed by atoms with van der Waals surface area (Å²) in [7, 11) is 0. The second-order valence-corrected chi connectivity index (χ2v) is 10.4. The molecule has 7 heteroatoms. The SMILES string of the molecule is Clc1ccc2nc(N3N=C(c4ccc(Br)cc4)C[C@@H]3c3cccs3)nc(-c3ccccc3)c2c1. The van der Waals surface area contributed by atoms with E-state index in [-0.39, 0.29) is 6.04 Å². The lowest BCUT2D eigenvalue weighted by Crippen LogP contribution is -2.20. The molecule has 1 atom stereocenters. The van der Waals surface area contributed by atoms with Gasteiger partial charge in [-0.25, -0.2) is 15.0 Å². The van der Waals surface area contributed by atoms with Crippen molar-refractivity contribution in [3.05, 3.63) is 110 Å². The molecule has 5 aromatic rings. The molecule has 0 N–H and O–H groups in total. The number of benzene rings is 3. The molecule has 4 nitrogen and oxygen atoms in total. The van der Waals surface area contributed by atoms with E-state index >= 15 is 0 Å². The number of nitrogens with zero attached hydrogens (tertiary/aromatic N) is 4.